The van der Waals surface area contributed by atoms with Gasteiger partial charge < -0.3 is 30.7 Å². The molecule has 4 rings (SSSR count). The fourth-order valence-electron chi connectivity index (χ4n) is 3.62. The summed E-state index contributed by atoms with van der Waals surface area (Å²) < 4.78 is 51.3. The Morgan fingerprint density at radius 2 is 1.86 bits per heavy atom. The van der Waals surface area contributed by atoms with Crippen LogP contribution in [0.3, 0.4) is 0 Å². The van der Waals surface area contributed by atoms with Crippen molar-refractivity contribution in [3.05, 3.63) is 59.3 Å². The summed E-state index contributed by atoms with van der Waals surface area (Å²) in [4.78, 5) is 20.8. The molecule has 0 aliphatic heterocycles. The van der Waals surface area contributed by atoms with Gasteiger partial charge in [0.2, 0.25) is 0 Å². The predicted octanol–water partition coefficient (Wildman–Crippen LogP) is 4.67. The molecule has 0 unspecified atom stereocenters. The summed E-state index contributed by atoms with van der Waals surface area (Å²) in [5.41, 5.74) is 1.13. The number of anilines is 4. The zero-order chi connectivity index (χ0) is 26.5. The van der Waals surface area contributed by atoms with Gasteiger partial charge in [0, 0.05) is 49.5 Å². The second-order valence-electron chi connectivity index (χ2n) is 8.32. The quantitative estimate of drug-likeness (QED) is 0.291. The van der Waals surface area contributed by atoms with E-state index in [-0.39, 0.29) is 35.1 Å². The number of hydrogen-bond acceptors (Lipinski definition) is 8. The maximum atomic E-state index is 13.6. The van der Waals surface area contributed by atoms with E-state index in [4.69, 9.17) is 9.47 Å². The van der Waals surface area contributed by atoms with E-state index in [9.17, 15) is 18.0 Å². The molecule has 2 heterocycles. The highest BCUT2D eigenvalue weighted by Crippen LogP contribution is 2.32. The zero-order valence-electron chi connectivity index (χ0n) is 20.4. The van der Waals surface area contributed by atoms with Crippen molar-refractivity contribution in [3.63, 3.8) is 0 Å². The van der Waals surface area contributed by atoms with Gasteiger partial charge in [0.25, 0.3) is 12.3 Å². The lowest BCUT2D eigenvalue weighted by molar-refractivity contribution is 0.0963. The first-order chi connectivity index (χ1) is 17.8. The molecule has 2 atom stereocenters. The van der Waals surface area contributed by atoms with Gasteiger partial charge in [-0.3, -0.25) is 4.79 Å². The van der Waals surface area contributed by atoms with Crippen LogP contribution in [0.2, 0.25) is 0 Å². The number of hydrogen-bond donors (Lipinski definition) is 4. The van der Waals surface area contributed by atoms with Gasteiger partial charge in [-0.1, -0.05) is 0 Å². The van der Waals surface area contributed by atoms with Crippen LogP contribution in [0.1, 0.15) is 34.3 Å². The third kappa shape index (κ3) is 6.32. The van der Waals surface area contributed by atoms with Crippen molar-refractivity contribution < 1.29 is 27.4 Å². The SMILES string of the molecule is CNC(=O)c1cnc(Nc2cc(C(F)F)cc(NCc3ccc(OC)cc3OC)n2)cc1N[C@H]1C[C@H]1F. The molecule has 0 spiro atoms. The first kappa shape index (κ1) is 25.9. The summed E-state index contributed by atoms with van der Waals surface area (Å²) in [6.45, 7) is 0.255. The van der Waals surface area contributed by atoms with Crippen LogP contribution in [-0.4, -0.2) is 49.4 Å². The van der Waals surface area contributed by atoms with Crippen molar-refractivity contribution in [1.82, 2.24) is 15.3 Å². The largest absolute Gasteiger partial charge is 0.497 e. The van der Waals surface area contributed by atoms with Crippen LogP contribution in [0.25, 0.3) is 0 Å². The third-order valence-corrected chi connectivity index (χ3v) is 5.74. The van der Waals surface area contributed by atoms with Crippen molar-refractivity contribution in [1.29, 1.82) is 0 Å². The van der Waals surface area contributed by atoms with E-state index in [0.29, 0.717) is 23.6 Å². The van der Waals surface area contributed by atoms with Gasteiger partial charge >= 0.3 is 0 Å². The lowest BCUT2D eigenvalue weighted by atomic mass is 10.2. The minimum Gasteiger partial charge on any atom is -0.497 e. The molecule has 1 aromatic carbocycles. The van der Waals surface area contributed by atoms with Crippen LogP contribution in [0.4, 0.5) is 36.3 Å². The first-order valence-corrected chi connectivity index (χ1v) is 11.5. The number of ether oxygens (including phenoxy) is 2. The van der Waals surface area contributed by atoms with Crippen LogP contribution in [-0.2, 0) is 6.54 Å². The molecule has 1 saturated carbocycles. The Bertz CT molecular complexity index is 1280. The van der Waals surface area contributed by atoms with Gasteiger partial charge in [-0.15, -0.1) is 0 Å². The molecule has 196 valence electrons. The molecule has 12 heteroatoms. The van der Waals surface area contributed by atoms with Crippen LogP contribution >= 0.6 is 0 Å². The van der Waals surface area contributed by atoms with Crippen molar-refractivity contribution in [3.8, 4) is 11.5 Å². The van der Waals surface area contributed by atoms with E-state index in [2.05, 4.69) is 31.2 Å². The highest BCUT2D eigenvalue weighted by atomic mass is 19.3. The normalized spacial score (nSPS) is 16.2. The van der Waals surface area contributed by atoms with E-state index >= 15 is 0 Å². The average Bonchev–Trinajstić information content (AvgIpc) is 3.60. The zero-order valence-corrected chi connectivity index (χ0v) is 20.4. The van der Waals surface area contributed by atoms with E-state index < -0.39 is 24.5 Å². The Hall–Kier alpha value is -4.22. The molecule has 1 aliphatic rings. The fraction of sp³-hybridized carbons (Fsp3) is 0.320. The number of nitrogens with zero attached hydrogens (tertiary/aromatic N) is 2. The number of rotatable bonds is 11. The smallest absolute Gasteiger partial charge is 0.264 e. The standard InChI is InChI=1S/C25H27F3N6O3/c1-29-25(35)16-12-31-22(10-18(16)32-19-9-17(19)26)34-23-7-14(24(27)28)6-21(33-23)30-11-13-4-5-15(36-2)8-20(13)37-3/h4-8,10,12,17,19,24H,9,11H2,1-3H3,(H,29,35)(H3,30,31,32,33,34)/t17-,19+/m1/s1. The number of alkyl halides is 3. The van der Waals surface area contributed by atoms with Crippen LogP contribution < -0.4 is 30.7 Å². The summed E-state index contributed by atoms with van der Waals surface area (Å²) >= 11 is 0. The van der Waals surface area contributed by atoms with Gasteiger partial charge in [-0.05, 0) is 24.3 Å². The molecular formula is C25H27F3N6O3. The molecule has 3 aromatic rings. The number of benzene rings is 1. The number of halogens is 3. The molecular weight excluding hydrogens is 489 g/mol. The van der Waals surface area contributed by atoms with Gasteiger partial charge in [0.15, 0.2) is 0 Å². The Balaban J connectivity index is 1.57. The molecule has 1 aliphatic carbocycles. The third-order valence-electron chi connectivity index (χ3n) is 5.74. The predicted molar refractivity (Wildman–Crippen MR) is 134 cm³/mol. The number of amides is 1. The van der Waals surface area contributed by atoms with Gasteiger partial charge in [0.05, 0.1) is 31.5 Å². The topological polar surface area (TPSA) is 109 Å². The van der Waals surface area contributed by atoms with Crippen molar-refractivity contribution in [2.24, 2.45) is 0 Å². The van der Waals surface area contributed by atoms with Crippen LogP contribution in [0, 0.1) is 0 Å². The number of pyridine rings is 2. The van der Waals surface area contributed by atoms with Crippen molar-refractivity contribution in [2.75, 3.05) is 37.2 Å². The summed E-state index contributed by atoms with van der Waals surface area (Å²) in [5, 5.41) is 11.4. The Morgan fingerprint density at radius 3 is 2.51 bits per heavy atom. The Kier molecular flexibility index (Phi) is 7.85. The lowest BCUT2D eigenvalue weighted by Gasteiger charge is -2.15. The van der Waals surface area contributed by atoms with Gasteiger partial charge in [-0.2, -0.15) is 0 Å². The van der Waals surface area contributed by atoms with E-state index in [1.807, 2.05) is 0 Å². The molecule has 9 nitrogen and oxygen atoms in total. The van der Waals surface area contributed by atoms with Gasteiger partial charge in [-0.25, -0.2) is 23.1 Å². The minimum absolute atomic E-state index is 0.114. The number of carbonyl (C=O) groups excluding carboxylic acids is 1. The van der Waals surface area contributed by atoms with Crippen LogP contribution in [0.5, 0.6) is 11.5 Å². The van der Waals surface area contributed by atoms with Crippen LogP contribution in [0.15, 0.2) is 42.6 Å². The van der Waals surface area contributed by atoms with Crippen molar-refractivity contribution in [2.45, 2.75) is 31.6 Å². The van der Waals surface area contributed by atoms with E-state index in [1.54, 1.807) is 25.3 Å². The van der Waals surface area contributed by atoms with Gasteiger partial charge in [0.1, 0.15) is 35.1 Å². The highest BCUT2D eigenvalue weighted by molar-refractivity contribution is 5.99. The second-order valence-corrected chi connectivity index (χ2v) is 8.32. The number of nitrogens with one attached hydrogen (secondary N) is 4. The Labute approximate surface area is 211 Å². The second kappa shape index (κ2) is 11.2. The molecule has 1 fully saturated rings. The lowest BCUT2D eigenvalue weighted by Crippen LogP contribution is -2.21. The molecule has 0 saturated heterocycles. The molecule has 0 bridgehead atoms. The number of carbonyl (C=O) groups is 1. The summed E-state index contributed by atoms with van der Waals surface area (Å²) in [7, 11) is 4.55. The molecule has 1 amide bonds. The number of aromatic nitrogens is 2. The molecule has 4 N–H and O–H groups in total. The number of methoxy groups -OCH3 is 2. The monoisotopic (exact) mass is 516 g/mol. The maximum absolute atomic E-state index is 13.6. The van der Waals surface area contributed by atoms with E-state index in [0.717, 1.165) is 5.56 Å². The summed E-state index contributed by atoms with van der Waals surface area (Å²) in [6, 6.07) is 8.88. The molecule has 37 heavy (non-hydrogen) atoms. The summed E-state index contributed by atoms with van der Waals surface area (Å²) in [6.07, 6.45) is -2.07. The summed E-state index contributed by atoms with van der Waals surface area (Å²) in [5.74, 6) is 1.36. The maximum Gasteiger partial charge on any atom is 0.264 e. The van der Waals surface area contributed by atoms with Crippen molar-refractivity contribution >= 4 is 29.0 Å². The molecule has 2 aromatic heterocycles. The first-order valence-electron chi connectivity index (χ1n) is 11.5. The minimum atomic E-state index is -2.74. The van der Waals surface area contributed by atoms with E-state index in [1.165, 1.54) is 38.6 Å². The molecule has 0 radical (unpaired) electrons. The Morgan fingerprint density at radius 1 is 1.11 bits per heavy atom. The average molecular weight is 517 g/mol. The highest BCUT2D eigenvalue weighted by Gasteiger charge is 2.38. The fourth-order valence-corrected chi connectivity index (χ4v) is 3.62.